The maximum atomic E-state index is 5.56. The van der Waals surface area contributed by atoms with E-state index in [-0.39, 0.29) is 6.04 Å². The summed E-state index contributed by atoms with van der Waals surface area (Å²) in [5.74, 6) is 7.61. The third-order valence-corrected chi connectivity index (χ3v) is 2.77. The van der Waals surface area contributed by atoms with E-state index in [0.29, 0.717) is 19.1 Å². The first-order valence-electron chi connectivity index (χ1n) is 5.58. The molecule has 1 aromatic carbocycles. The van der Waals surface area contributed by atoms with Gasteiger partial charge in [0.25, 0.3) is 0 Å². The SMILES string of the molecule is CC(C)C(NN)c1ccc2c(c1)OCCO2. The van der Waals surface area contributed by atoms with Gasteiger partial charge in [-0.1, -0.05) is 19.9 Å². The Morgan fingerprint density at radius 3 is 2.50 bits per heavy atom. The summed E-state index contributed by atoms with van der Waals surface area (Å²) in [6.45, 7) is 5.48. The molecule has 1 aromatic rings. The minimum atomic E-state index is 0.135. The molecule has 0 radical (unpaired) electrons. The number of ether oxygens (including phenoxy) is 2. The molecule has 1 atom stereocenters. The second-order valence-electron chi connectivity index (χ2n) is 4.29. The Kier molecular flexibility index (Phi) is 3.31. The van der Waals surface area contributed by atoms with Crippen molar-refractivity contribution in [3.05, 3.63) is 23.8 Å². The largest absolute Gasteiger partial charge is 0.486 e. The predicted octanol–water partition coefficient (Wildman–Crippen LogP) is 1.62. The molecule has 2 rings (SSSR count). The Balaban J connectivity index is 2.28. The molecule has 0 aromatic heterocycles. The summed E-state index contributed by atoms with van der Waals surface area (Å²) in [6.07, 6.45) is 0. The summed E-state index contributed by atoms with van der Waals surface area (Å²) >= 11 is 0. The molecule has 0 bridgehead atoms. The first kappa shape index (κ1) is 11.2. The molecule has 88 valence electrons. The van der Waals surface area contributed by atoms with Crippen LogP contribution in [0.4, 0.5) is 0 Å². The van der Waals surface area contributed by atoms with Gasteiger partial charge in [0, 0.05) is 6.04 Å². The summed E-state index contributed by atoms with van der Waals surface area (Å²) < 4.78 is 11.0. The molecule has 0 aliphatic carbocycles. The van der Waals surface area contributed by atoms with Crippen molar-refractivity contribution in [3.8, 4) is 11.5 Å². The lowest BCUT2D eigenvalue weighted by atomic mass is 9.96. The highest BCUT2D eigenvalue weighted by Crippen LogP contribution is 2.33. The van der Waals surface area contributed by atoms with E-state index in [1.54, 1.807) is 0 Å². The molecule has 4 nitrogen and oxygen atoms in total. The molecular weight excluding hydrogens is 204 g/mol. The summed E-state index contributed by atoms with van der Waals surface area (Å²) in [6, 6.07) is 6.10. The van der Waals surface area contributed by atoms with Gasteiger partial charge < -0.3 is 9.47 Å². The molecule has 0 saturated heterocycles. The van der Waals surface area contributed by atoms with Gasteiger partial charge in [-0.25, -0.2) is 0 Å². The van der Waals surface area contributed by atoms with E-state index in [2.05, 4.69) is 19.3 Å². The van der Waals surface area contributed by atoms with Crippen LogP contribution in [0.2, 0.25) is 0 Å². The Labute approximate surface area is 95.7 Å². The van der Waals surface area contributed by atoms with Gasteiger partial charge in [0.15, 0.2) is 11.5 Å². The number of benzene rings is 1. The molecular formula is C12H18N2O2. The highest BCUT2D eigenvalue weighted by Gasteiger charge is 2.18. The first-order valence-corrected chi connectivity index (χ1v) is 5.58. The standard InChI is InChI=1S/C12H18N2O2/c1-8(2)12(14-13)9-3-4-10-11(7-9)16-6-5-15-10/h3-4,7-8,12,14H,5-6,13H2,1-2H3. The lowest BCUT2D eigenvalue weighted by Crippen LogP contribution is -2.31. The van der Waals surface area contributed by atoms with Crippen molar-refractivity contribution < 1.29 is 9.47 Å². The van der Waals surface area contributed by atoms with Crippen molar-refractivity contribution in [3.63, 3.8) is 0 Å². The van der Waals surface area contributed by atoms with Gasteiger partial charge in [-0.2, -0.15) is 0 Å². The van der Waals surface area contributed by atoms with Crippen molar-refractivity contribution in [2.45, 2.75) is 19.9 Å². The zero-order valence-corrected chi connectivity index (χ0v) is 9.69. The Bertz CT molecular complexity index is 366. The van der Waals surface area contributed by atoms with Crippen LogP contribution in [-0.2, 0) is 0 Å². The Morgan fingerprint density at radius 1 is 1.19 bits per heavy atom. The van der Waals surface area contributed by atoms with Crippen molar-refractivity contribution in [2.75, 3.05) is 13.2 Å². The summed E-state index contributed by atoms with van der Waals surface area (Å²) in [5, 5.41) is 0. The molecule has 0 saturated carbocycles. The van der Waals surface area contributed by atoms with Crippen LogP contribution in [0, 0.1) is 5.92 Å². The minimum Gasteiger partial charge on any atom is -0.486 e. The van der Waals surface area contributed by atoms with Gasteiger partial charge in [-0.15, -0.1) is 0 Å². The minimum absolute atomic E-state index is 0.135. The average molecular weight is 222 g/mol. The van der Waals surface area contributed by atoms with Gasteiger partial charge in [0.2, 0.25) is 0 Å². The molecule has 16 heavy (non-hydrogen) atoms. The predicted molar refractivity (Wildman–Crippen MR) is 62.3 cm³/mol. The number of hydrogen-bond acceptors (Lipinski definition) is 4. The van der Waals surface area contributed by atoms with Crippen LogP contribution in [0.15, 0.2) is 18.2 Å². The fourth-order valence-electron chi connectivity index (χ4n) is 1.93. The lowest BCUT2D eigenvalue weighted by molar-refractivity contribution is 0.171. The molecule has 1 unspecified atom stereocenters. The van der Waals surface area contributed by atoms with Crippen LogP contribution in [-0.4, -0.2) is 13.2 Å². The van der Waals surface area contributed by atoms with Crippen LogP contribution >= 0.6 is 0 Å². The van der Waals surface area contributed by atoms with Gasteiger partial charge in [-0.3, -0.25) is 11.3 Å². The Morgan fingerprint density at radius 2 is 1.88 bits per heavy atom. The highest BCUT2D eigenvalue weighted by atomic mass is 16.6. The fraction of sp³-hybridized carbons (Fsp3) is 0.500. The molecule has 0 fully saturated rings. The summed E-state index contributed by atoms with van der Waals surface area (Å²) in [4.78, 5) is 0. The smallest absolute Gasteiger partial charge is 0.161 e. The first-order chi connectivity index (χ1) is 7.72. The third kappa shape index (κ3) is 2.13. The van der Waals surface area contributed by atoms with Crippen molar-refractivity contribution in [2.24, 2.45) is 11.8 Å². The quantitative estimate of drug-likeness (QED) is 0.602. The van der Waals surface area contributed by atoms with E-state index < -0.39 is 0 Å². The molecule has 1 aliphatic rings. The zero-order chi connectivity index (χ0) is 11.5. The Hall–Kier alpha value is -1.26. The van der Waals surface area contributed by atoms with Crippen LogP contribution in [0.5, 0.6) is 11.5 Å². The van der Waals surface area contributed by atoms with Crippen LogP contribution in [0.25, 0.3) is 0 Å². The van der Waals surface area contributed by atoms with Gasteiger partial charge in [-0.05, 0) is 23.6 Å². The van der Waals surface area contributed by atoms with Crippen molar-refractivity contribution in [1.29, 1.82) is 0 Å². The van der Waals surface area contributed by atoms with Crippen LogP contribution in [0.3, 0.4) is 0 Å². The molecule has 1 heterocycles. The maximum absolute atomic E-state index is 5.56. The topological polar surface area (TPSA) is 56.5 Å². The van der Waals surface area contributed by atoms with Gasteiger partial charge in [0.1, 0.15) is 13.2 Å². The van der Waals surface area contributed by atoms with E-state index in [0.717, 1.165) is 17.1 Å². The summed E-state index contributed by atoms with van der Waals surface area (Å²) in [5.41, 5.74) is 3.95. The second kappa shape index (κ2) is 4.72. The van der Waals surface area contributed by atoms with Gasteiger partial charge in [0.05, 0.1) is 0 Å². The average Bonchev–Trinajstić information content (AvgIpc) is 2.29. The molecule has 3 N–H and O–H groups in total. The number of hydrazine groups is 1. The normalized spacial score (nSPS) is 16.2. The monoisotopic (exact) mass is 222 g/mol. The maximum Gasteiger partial charge on any atom is 0.161 e. The molecule has 4 heteroatoms. The number of rotatable bonds is 3. The van der Waals surface area contributed by atoms with Crippen molar-refractivity contribution in [1.82, 2.24) is 5.43 Å². The fourth-order valence-corrected chi connectivity index (χ4v) is 1.93. The summed E-state index contributed by atoms with van der Waals surface area (Å²) in [7, 11) is 0. The van der Waals surface area contributed by atoms with Crippen LogP contribution in [0.1, 0.15) is 25.5 Å². The highest BCUT2D eigenvalue weighted by molar-refractivity contribution is 5.44. The number of hydrogen-bond donors (Lipinski definition) is 2. The molecule has 0 amide bonds. The van der Waals surface area contributed by atoms with E-state index in [1.807, 2.05) is 18.2 Å². The molecule has 0 spiro atoms. The number of fused-ring (bicyclic) bond motifs is 1. The van der Waals surface area contributed by atoms with Crippen LogP contribution < -0.4 is 20.7 Å². The number of nitrogens with one attached hydrogen (secondary N) is 1. The van der Waals surface area contributed by atoms with E-state index in [1.165, 1.54) is 0 Å². The van der Waals surface area contributed by atoms with E-state index in [4.69, 9.17) is 15.3 Å². The van der Waals surface area contributed by atoms with Gasteiger partial charge >= 0.3 is 0 Å². The molecule has 1 aliphatic heterocycles. The number of nitrogens with two attached hydrogens (primary N) is 1. The van der Waals surface area contributed by atoms with E-state index >= 15 is 0 Å². The van der Waals surface area contributed by atoms with E-state index in [9.17, 15) is 0 Å². The zero-order valence-electron chi connectivity index (χ0n) is 9.69. The van der Waals surface area contributed by atoms with Crippen molar-refractivity contribution >= 4 is 0 Å². The third-order valence-electron chi connectivity index (χ3n) is 2.77. The second-order valence-corrected chi connectivity index (χ2v) is 4.29. The lowest BCUT2D eigenvalue weighted by Gasteiger charge is -2.23.